The number of amides is 3. The van der Waals surface area contributed by atoms with Gasteiger partial charge in [-0.1, -0.05) is 108 Å². The molecule has 0 bridgehead atoms. The minimum Gasteiger partial charge on any atom is -0.497 e. The molecule has 6 atom stereocenters. The normalized spacial score (nSPS) is 21.4. The van der Waals surface area contributed by atoms with Crippen LogP contribution in [-0.4, -0.2) is 85.6 Å². The van der Waals surface area contributed by atoms with Crippen LogP contribution in [0, 0.1) is 17.8 Å². The first-order valence-corrected chi connectivity index (χ1v) is 23.5. The summed E-state index contributed by atoms with van der Waals surface area (Å²) >= 11 is 1.24. The van der Waals surface area contributed by atoms with E-state index in [2.05, 4.69) is 17.2 Å². The number of imide groups is 1. The van der Waals surface area contributed by atoms with Crippen molar-refractivity contribution in [3.8, 4) is 23.3 Å². The summed E-state index contributed by atoms with van der Waals surface area (Å²) in [5.74, 6) is 3.58. The molecule has 3 aliphatic heterocycles. The van der Waals surface area contributed by atoms with E-state index in [1.165, 1.54) is 18.4 Å². The first kappa shape index (κ1) is 45.9. The molecule has 0 aliphatic carbocycles. The van der Waals surface area contributed by atoms with E-state index in [1.807, 2.05) is 108 Å². The van der Waals surface area contributed by atoms with Crippen molar-refractivity contribution in [1.29, 1.82) is 0 Å². The standard InChI is InChI=1S/C55H46N4O10S/c1-65-30-31-68-54(64)58-43-27-24-35(21-20-34-22-25-39(66-2)26-23-34)32-41(43)55(52(58)63)45(50(61)57-53-56-42-18-9-10-19-44(42)70-53)47-51(62)69-48(37-14-7-4-8-15-37)46(36-12-5-3-6-13-36)59(47)49(55)38-16-11-17-40(33-38)67-29-28-60/h3-19,22-27,32-33,45-49,60H,28-31H2,1-2H3,(H,56,57,61). The second kappa shape index (κ2) is 19.6. The summed E-state index contributed by atoms with van der Waals surface area (Å²) in [4.78, 5) is 70.2. The summed E-state index contributed by atoms with van der Waals surface area (Å²) in [6.45, 7) is -0.443. The molecule has 352 valence electrons. The smallest absolute Gasteiger partial charge is 0.421 e. The van der Waals surface area contributed by atoms with Crippen molar-refractivity contribution < 1.29 is 48.0 Å². The predicted molar refractivity (Wildman–Crippen MR) is 261 cm³/mol. The lowest BCUT2D eigenvalue weighted by atomic mass is 9.65. The number of aliphatic hydroxyl groups excluding tert-OH is 1. The maximum atomic E-state index is 16.5. The Hall–Kier alpha value is -7.87. The average molecular weight is 955 g/mol. The summed E-state index contributed by atoms with van der Waals surface area (Å²) in [5, 5.41) is 13.1. The number of ether oxygens (including phenoxy) is 5. The summed E-state index contributed by atoms with van der Waals surface area (Å²) in [6.07, 6.45) is -1.95. The molecule has 1 aromatic heterocycles. The van der Waals surface area contributed by atoms with Gasteiger partial charge in [0.2, 0.25) is 11.8 Å². The largest absolute Gasteiger partial charge is 0.497 e. The first-order valence-electron chi connectivity index (χ1n) is 22.6. The van der Waals surface area contributed by atoms with Gasteiger partial charge in [0.1, 0.15) is 42.3 Å². The lowest BCUT2D eigenvalue weighted by Gasteiger charge is -2.46. The summed E-state index contributed by atoms with van der Waals surface area (Å²) in [7, 11) is 3.04. The zero-order chi connectivity index (χ0) is 48.4. The van der Waals surface area contributed by atoms with E-state index in [-0.39, 0.29) is 42.8 Å². The number of para-hydroxylation sites is 1. The number of thiazole rings is 1. The van der Waals surface area contributed by atoms with Crippen LogP contribution in [0.15, 0.2) is 152 Å². The average Bonchev–Trinajstić information content (AvgIpc) is 4.03. The Bertz CT molecular complexity index is 3120. The molecule has 0 saturated carbocycles. The molecule has 6 aromatic carbocycles. The van der Waals surface area contributed by atoms with Gasteiger partial charge in [-0.3, -0.25) is 19.3 Å². The highest BCUT2D eigenvalue weighted by Gasteiger charge is 2.76. The Balaban J connectivity index is 1.27. The number of cyclic esters (lactones) is 1. The zero-order valence-electron chi connectivity index (χ0n) is 38.0. The van der Waals surface area contributed by atoms with Crippen LogP contribution in [0.1, 0.15) is 51.6 Å². The van der Waals surface area contributed by atoms with Crippen LogP contribution in [0.5, 0.6) is 11.5 Å². The van der Waals surface area contributed by atoms with Gasteiger partial charge in [0.05, 0.1) is 54.2 Å². The number of fused-ring (bicyclic) bond motifs is 4. The Morgan fingerprint density at radius 3 is 2.19 bits per heavy atom. The number of carbonyl (C=O) groups excluding carboxylic acids is 4. The van der Waals surface area contributed by atoms with E-state index in [4.69, 9.17) is 28.7 Å². The maximum Gasteiger partial charge on any atom is 0.421 e. The van der Waals surface area contributed by atoms with Crippen molar-refractivity contribution in [2.24, 2.45) is 5.92 Å². The molecule has 4 heterocycles. The van der Waals surface area contributed by atoms with Gasteiger partial charge in [-0.05, 0) is 89.0 Å². The van der Waals surface area contributed by atoms with Crippen LogP contribution in [-0.2, 0) is 34.0 Å². The maximum absolute atomic E-state index is 16.5. The molecular weight excluding hydrogens is 909 g/mol. The highest BCUT2D eigenvalue weighted by Crippen LogP contribution is 2.66. The predicted octanol–water partition coefficient (Wildman–Crippen LogP) is 8.16. The third-order valence-corrected chi connectivity index (χ3v) is 13.9. The first-order chi connectivity index (χ1) is 34.2. The SMILES string of the molecule is COCCOC(=O)N1C(=O)C2(c3cc(C#Cc4ccc(OC)cc4)ccc31)C(C(=O)Nc1nc3ccccc3s1)C1C(=O)OC(c3ccccc3)C(c3ccccc3)N1C2c1cccc(OCCO)c1. The topological polar surface area (TPSA) is 166 Å². The van der Waals surface area contributed by atoms with Crippen LogP contribution < -0.4 is 19.7 Å². The number of rotatable bonds is 12. The molecule has 3 aliphatic rings. The van der Waals surface area contributed by atoms with E-state index in [0.717, 1.165) is 15.2 Å². The van der Waals surface area contributed by atoms with Gasteiger partial charge in [0.15, 0.2) is 5.13 Å². The second-order valence-electron chi connectivity index (χ2n) is 16.8. The Kier molecular flexibility index (Phi) is 12.9. The van der Waals surface area contributed by atoms with Crippen molar-refractivity contribution in [3.63, 3.8) is 0 Å². The van der Waals surface area contributed by atoms with Gasteiger partial charge in [-0.2, -0.15) is 0 Å². The van der Waals surface area contributed by atoms with Gasteiger partial charge in [0, 0.05) is 18.2 Å². The molecule has 2 saturated heterocycles. The molecule has 0 radical (unpaired) electrons. The van der Waals surface area contributed by atoms with Crippen molar-refractivity contribution in [3.05, 3.63) is 185 Å². The second-order valence-corrected chi connectivity index (χ2v) is 17.9. The van der Waals surface area contributed by atoms with E-state index < -0.39 is 59.4 Å². The van der Waals surface area contributed by atoms with Gasteiger partial charge >= 0.3 is 12.1 Å². The molecule has 10 rings (SSSR count). The van der Waals surface area contributed by atoms with E-state index >= 15 is 14.4 Å². The lowest BCUT2D eigenvalue weighted by Crippen LogP contribution is -2.54. The monoisotopic (exact) mass is 954 g/mol. The number of esters is 1. The van der Waals surface area contributed by atoms with Gasteiger partial charge in [0.25, 0.3) is 0 Å². The lowest BCUT2D eigenvalue weighted by molar-refractivity contribution is -0.177. The Morgan fingerprint density at radius 2 is 1.46 bits per heavy atom. The molecule has 3 amide bonds. The number of carbonyl (C=O) groups is 4. The van der Waals surface area contributed by atoms with E-state index in [9.17, 15) is 9.90 Å². The van der Waals surface area contributed by atoms with Crippen molar-refractivity contribution in [2.45, 2.75) is 29.6 Å². The van der Waals surface area contributed by atoms with Crippen molar-refractivity contribution in [1.82, 2.24) is 9.88 Å². The summed E-state index contributed by atoms with van der Waals surface area (Å²) in [6, 6.07) is 42.0. The number of methoxy groups -OCH3 is 2. The minimum absolute atomic E-state index is 0.0348. The Labute approximate surface area is 407 Å². The van der Waals surface area contributed by atoms with E-state index in [1.54, 1.807) is 55.6 Å². The van der Waals surface area contributed by atoms with Crippen LogP contribution in [0.2, 0.25) is 0 Å². The van der Waals surface area contributed by atoms with Crippen LogP contribution in [0.4, 0.5) is 15.6 Å². The molecule has 6 unspecified atom stereocenters. The minimum atomic E-state index is -2.11. The van der Waals surface area contributed by atoms with Gasteiger partial charge in [-0.25, -0.2) is 14.7 Å². The number of hydrogen-bond donors (Lipinski definition) is 2. The number of aromatic nitrogens is 1. The molecule has 15 heteroatoms. The number of benzene rings is 6. The van der Waals surface area contributed by atoms with Crippen LogP contribution >= 0.6 is 11.3 Å². The Morgan fingerprint density at radius 1 is 0.757 bits per heavy atom. The van der Waals surface area contributed by atoms with Gasteiger partial charge < -0.3 is 34.1 Å². The number of anilines is 2. The summed E-state index contributed by atoms with van der Waals surface area (Å²) < 4.78 is 29.7. The summed E-state index contributed by atoms with van der Waals surface area (Å²) in [5.41, 5.74) is 1.95. The molecular formula is C55H46N4O10S. The molecule has 70 heavy (non-hydrogen) atoms. The fraction of sp³-hybridized carbons (Fsp3) is 0.218. The van der Waals surface area contributed by atoms with Crippen LogP contribution in [0.3, 0.4) is 0 Å². The number of hydrogen-bond acceptors (Lipinski definition) is 13. The zero-order valence-corrected chi connectivity index (χ0v) is 38.8. The van der Waals surface area contributed by atoms with Crippen LogP contribution in [0.25, 0.3) is 10.2 Å². The molecule has 1 spiro atoms. The van der Waals surface area contributed by atoms with Crippen molar-refractivity contribution in [2.75, 3.05) is 50.9 Å². The number of aliphatic hydroxyl groups is 1. The molecule has 2 fully saturated rings. The highest BCUT2D eigenvalue weighted by atomic mass is 32.1. The third kappa shape index (κ3) is 8.20. The number of morpholine rings is 1. The fourth-order valence-electron chi connectivity index (χ4n) is 10.1. The van der Waals surface area contributed by atoms with Gasteiger partial charge in [-0.15, -0.1) is 0 Å². The van der Waals surface area contributed by atoms with Crippen molar-refractivity contribution >= 4 is 56.2 Å². The number of nitrogens with zero attached hydrogens (tertiary/aromatic N) is 3. The third-order valence-electron chi connectivity index (χ3n) is 12.9. The highest BCUT2D eigenvalue weighted by molar-refractivity contribution is 7.22. The van der Waals surface area contributed by atoms with E-state index in [0.29, 0.717) is 39.3 Å². The molecule has 7 aromatic rings. The number of nitrogens with one attached hydrogen (secondary N) is 1. The molecule has 2 N–H and O–H groups in total. The molecule has 14 nitrogen and oxygen atoms in total. The fourth-order valence-corrected chi connectivity index (χ4v) is 11.0. The quantitative estimate of drug-likeness (QED) is 0.0687.